The number of hydrogen-bond donors (Lipinski definition) is 2. The van der Waals surface area contributed by atoms with Crippen LogP contribution >= 0.6 is 11.8 Å². The highest BCUT2D eigenvalue weighted by atomic mass is 32.2. The van der Waals surface area contributed by atoms with Crippen LogP contribution in [0.3, 0.4) is 0 Å². The summed E-state index contributed by atoms with van der Waals surface area (Å²) in [7, 11) is 3.37. The predicted molar refractivity (Wildman–Crippen MR) is 88.5 cm³/mol. The monoisotopic (exact) mass is 309 g/mol. The van der Waals surface area contributed by atoms with Gasteiger partial charge in [0.1, 0.15) is 0 Å². The number of nitrogens with zero attached hydrogens (tertiary/aromatic N) is 1. The van der Waals surface area contributed by atoms with E-state index in [-0.39, 0.29) is 17.9 Å². The second-order valence-electron chi connectivity index (χ2n) is 5.10. The third-order valence-electron chi connectivity index (χ3n) is 2.92. The van der Waals surface area contributed by atoms with Gasteiger partial charge in [-0.3, -0.25) is 4.79 Å². The number of urea groups is 1. The Kier molecular flexibility index (Phi) is 7.08. The van der Waals surface area contributed by atoms with Gasteiger partial charge in [0.25, 0.3) is 0 Å². The molecule has 1 aromatic carbocycles. The van der Waals surface area contributed by atoms with E-state index in [1.807, 2.05) is 37.4 Å². The molecule has 2 N–H and O–H groups in total. The number of nitrogens with one attached hydrogen (secondary N) is 2. The Morgan fingerprint density at radius 3 is 2.67 bits per heavy atom. The Hall–Kier alpha value is -1.69. The molecule has 1 unspecified atom stereocenters. The van der Waals surface area contributed by atoms with Crippen molar-refractivity contribution in [1.82, 2.24) is 10.2 Å². The molecule has 3 amide bonds. The molecule has 1 aromatic rings. The highest BCUT2D eigenvalue weighted by Gasteiger charge is 2.11. The number of carbonyl (C=O) groups is 2. The number of benzene rings is 1. The topological polar surface area (TPSA) is 61.4 Å². The summed E-state index contributed by atoms with van der Waals surface area (Å²) in [5.74, 6) is 0.855. The molecule has 0 radical (unpaired) electrons. The van der Waals surface area contributed by atoms with E-state index in [1.54, 1.807) is 25.9 Å². The lowest BCUT2D eigenvalue weighted by Crippen LogP contribution is -2.30. The first-order chi connectivity index (χ1) is 9.93. The van der Waals surface area contributed by atoms with Gasteiger partial charge in [0.2, 0.25) is 5.91 Å². The molecule has 0 aliphatic carbocycles. The minimum atomic E-state index is -0.176. The molecule has 116 valence electrons. The first-order valence-electron chi connectivity index (χ1n) is 6.78. The fraction of sp³-hybridized carbons (Fsp3) is 0.467. The van der Waals surface area contributed by atoms with Crippen molar-refractivity contribution in [1.29, 1.82) is 0 Å². The van der Waals surface area contributed by atoms with E-state index >= 15 is 0 Å². The molecule has 0 saturated carbocycles. The second-order valence-corrected chi connectivity index (χ2v) is 6.01. The second kappa shape index (κ2) is 8.56. The van der Waals surface area contributed by atoms with Crippen LogP contribution in [-0.2, 0) is 11.3 Å². The van der Waals surface area contributed by atoms with Crippen LogP contribution in [0, 0.1) is 5.92 Å². The summed E-state index contributed by atoms with van der Waals surface area (Å²) >= 11 is 1.66. The number of thioether (sulfide) groups is 1. The molecule has 0 heterocycles. The molecule has 0 aliphatic rings. The lowest BCUT2D eigenvalue weighted by Gasteiger charge is -2.14. The van der Waals surface area contributed by atoms with Gasteiger partial charge in [-0.05, 0) is 24.0 Å². The van der Waals surface area contributed by atoms with E-state index in [9.17, 15) is 9.59 Å². The van der Waals surface area contributed by atoms with Crippen molar-refractivity contribution < 1.29 is 9.59 Å². The standard InChI is InChI=1S/C15H23N3O2S/c1-11(10-21-4)14(19)16-9-12-6-5-7-13(8-12)17-15(20)18(2)3/h5-8,11H,9-10H2,1-4H3,(H,16,19)(H,17,20). The third kappa shape index (κ3) is 6.08. The Morgan fingerprint density at radius 2 is 2.05 bits per heavy atom. The van der Waals surface area contributed by atoms with E-state index in [0.29, 0.717) is 6.54 Å². The maximum Gasteiger partial charge on any atom is 0.321 e. The maximum absolute atomic E-state index is 11.9. The number of rotatable bonds is 6. The Bertz CT molecular complexity index is 492. The van der Waals surface area contributed by atoms with Crippen LogP contribution in [0.2, 0.25) is 0 Å². The van der Waals surface area contributed by atoms with Crippen molar-refractivity contribution in [2.75, 3.05) is 31.4 Å². The van der Waals surface area contributed by atoms with Crippen LogP contribution in [0.4, 0.5) is 10.5 Å². The predicted octanol–water partition coefficient (Wildman–Crippen LogP) is 2.40. The molecule has 1 rings (SSSR count). The summed E-state index contributed by atoms with van der Waals surface area (Å²) in [6.07, 6.45) is 1.99. The molecule has 0 aromatic heterocycles. The molecule has 0 fully saturated rings. The van der Waals surface area contributed by atoms with Crippen molar-refractivity contribution in [2.24, 2.45) is 5.92 Å². The summed E-state index contributed by atoms with van der Waals surface area (Å²) in [5.41, 5.74) is 1.67. The van der Waals surface area contributed by atoms with Crippen LogP contribution in [0.25, 0.3) is 0 Å². The van der Waals surface area contributed by atoms with Gasteiger partial charge >= 0.3 is 6.03 Å². The van der Waals surface area contributed by atoms with Crippen molar-refractivity contribution in [3.8, 4) is 0 Å². The smallest absolute Gasteiger partial charge is 0.321 e. The molecule has 1 atom stereocenters. The Morgan fingerprint density at radius 1 is 1.33 bits per heavy atom. The van der Waals surface area contributed by atoms with Gasteiger partial charge in [-0.2, -0.15) is 11.8 Å². The number of carbonyl (C=O) groups excluding carboxylic acids is 2. The van der Waals surface area contributed by atoms with Gasteiger partial charge in [0.05, 0.1) is 0 Å². The van der Waals surface area contributed by atoms with Crippen molar-refractivity contribution in [3.63, 3.8) is 0 Å². The number of anilines is 1. The molecule has 6 heteroatoms. The van der Waals surface area contributed by atoms with Gasteiger partial charge in [0, 0.05) is 38.0 Å². The zero-order valence-electron chi connectivity index (χ0n) is 13.0. The quantitative estimate of drug-likeness (QED) is 0.848. The van der Waals surface area contributed by atoms with Gasteiger partial charge in [-0.1, -0.05) is 19.1 Å². The first-order valence-corrected chi connectivity index (χ1v) is 8.17. The molecule has 21 heavy (non-hydrogen) atoms. The minimum absolute atomic E-state index is 0.00312. The third-order valence-corrected chi connectivity index (χ3v) is 3.75. The van der Waals surface area contributed by atoms with Gasteiger partial charge < -0.3 is 15.5 Å². The molecule has 0 aliphatic heterocycles. The SMILES string of the molecule is CSCC(C)C(=O)NCc1cccc(NC(=O)N(C)C)c1. The average Bonchev–Trinajstić information content (AvgIpc) is 2.45. The molecule has 0 bridgehead atoms. The summed E-state index contributed by atoms with van der Waals surface area (Å²) in [5, 5.41) is 5.69. The van der Waals surface area contributed by atoms with E-state index in [4.69, 9.17) is 0 Å². The largest absolute Gasteiger partial charge is 0.352 e. The number of hydrogen-bond acceptors (Lipinski definition) is 3. The molecule has 5 nitrogen and oxygen atoms in total. The van der Waals surface area contributed by atoms with Crippen molar-refractivity contribution >= 4 is 29.4 Å². The Balaban J connectivity index is 2.57. The average molecular weight is 309 g/mol. The fourth-order valence-corrected chi connectivity index (χ4v) is 2.33. The zero-order chi connectivity index (χ0) is 15.8. The zero-order valence-corrected chi connectivity index (χ0v) is 13.8. The fourth-order valence-electron chi connectivity index (χ4n) is 1.68. The highest BCUT2D eigenvalue weighted by Crippen LogP contribution is 2.11. The summed E-state index contributed by atoms with van der Waals surface area (Å²) in [6.45, 7) is 2.38. The van der Waals surface area contributed by atoms with Crippen LogP contribution in [0.5, 0.6) is 0 Å². The molecule has 0 spiro atoms. The van der Waals surface area contributed by atoms with Gasteiger partial charge in [-0.25, -0.2) is 4.79 Å². The van der Waals surface area contributed by atoms with Gasteiger partial charge in [-0.15, -0.1) is 0 Å². The molecular formula is C15H23N3O2S. The summed E-state index contributed by atoms with van der Waals surface area (Å²) in [6, 6.07) is 7.29. The van der Waals surface area contributed by atoms with Crippen LogP contribution in [0.15, 0.2) is 24.3 Å². The van der Waals surface area contributed by atoms with Crippen molar-refractivity contribution in [2.45, 2.75) is 13.5 Å². The summed E-state index contributed by atoms with van der Waals surface area (Å²) < 4.78 is 0. The highest BCUT2D eigenvalue weighted by molar-refractivity contribution is 7.98. The minimum Gasteiger partial charge on any atom is -0.352 e. The van der Waals surface area contributed by atoms with E-state index in [0.717, 1.165) is 17.0 Å². The first kappa shape index (κ1) is 17.4. The van der Waals surface area contributed by atoms with Crippen molar-refractivity contribution in [3.05, 3.63) is 29.8 Å². The van der Waals surface area contributed by atoms with Crippen LogP contribution in [0.1, 0.15) is 12.5 Å². The molecule has 0 saturated heterocycles. The lowest BCUT2D eigenvalue weighted by molar-refractivity contribution is -0.124. The van der Waals surface area contributed by atoms with E-state index in [1.165, 1.54) is 4.90 Å². The maximum atomic E-state index is 11.9. The van der Waals surface area contributed by atoms with Crippen LogP contribution in [-0.4, -0.2) is 42.9 Å². The Labute approximate surface area is 130 Å². The number of amides is 3. The lowest BCUT2D eigenvalue weighted by atomic mass is 10.1. The normalized spacial score (nSPS) is 11.6. The van der Waals surface area contributed by atoms with E-state index in [2.05, 4.69) is 10.6 Å². The molecular weight excluding hydrogens is 286 g/mol. The summed E-state index contributed by atoms with van der Waals surface area (Å²) in [4.78, 5) is 24.9. The van der Waals surface area contributed by atoms with E-state index < -0.39 is 0 Å². The van der Waals surface area contributed by atoms with Crippen LogP contribution < -0.4 is 10.6 Å². The van der Waals surface area contributed by atoms with Gasteiger partial charge in [0.15, 0.2) is 0 Å².